The third-order valence-electron chi connectivity index (χ3n) is 5.05. The average molecular weight is 516 g/mol. The lowest BCUT2D eigenvalue weighted by molar-refractivity contribution is 0.0963. The molecule has 0 aliphatic rings. The van der Waals surface area contributed by atoms with Crippen LogP contribution in [0.5, 0.6) is 0 Å². The van der Waals surface area contributed by atoms with Crippen LogP contribution in [0.15, 0.2) is 59.3 Å². The smallest absolute Gasteiger partial charge is 0.300 e. The van der Waals surface area contributed by atoms with Gasteiger partial charge in [-0.1, -0.05) is 47.1 Å². The Kier molecular flexibility index (Phi) is 7.66. The number of hydrogen-bond acceptors (Lipinski definition) is 9. The number of rotatable bonds is 9. The van der Waals surface area contributed by atoms with E-state index in [4.69, 9.17) is 16.1 Å². The molecular weight excluding hydrogens is 496 g/mol. The minimum Gasteiger partial charge on any atom is -0.394 e. The number of benzene rings is 2. The molecule has 2 aromatic heterocycles. The Morgan fingerprint density at radius 2 is 1.94 bits per heavy atom. The van der Waals surface area contributed by atoms with Gasteiger partial charge in [-0.15, -0.1) is 0 Å². The number of amides is 1. The lowest BCUT2D eigenvalue weighted by Gasteiger charge is -2.19. The summed E-state index contributed by atoms with van der Waals surface area (Å²) >= 11 is 6.22. The molecule has 0 radical (unpaired) electrons. The van der Waals surface area contributed by atoms with Crippen molar-refractivity contribution < 1.29 is 23.2 Å². The first kappa shape index (κ1) is 24.9. The van der Waals surface area contributed by atoms with Gasteiger partial charge >= 0.3 is 6.43 Å². The Morgan fingerprint density at radius 3 is 2.58 bits per heavy atom. The minimum absolute atomic E-state index is 0.114. The molecule has 10 nitrogen and oxygen atoms in total. The Hall–Kier alpha value is -4.16. The van der Waals surface area contributed by atoms with Crippen LogP contribution in [0.25, 0.3) is 11.5 Å². The highest BCUT2D eigenvalue weighted by Crippen LogP contribution is 2.31. The zero-order chi connectivity index (χ0) is 25.7. The lowest BCUT2D eigenvalue weighted by Crippen LogP contribution is -2.18. The first-order valence-corrected chi connectivity index (χ1v) is 11.0. The van der Waals surface area contributed by atoms with Gasteiger partial charge in [0.2, 0.25) is 11.8 Å². The summed E-state index contributed by atoms with van der Waals surface area (Å²) in [5.74, 6) is -1.07. The monoisotopic (exact) mass is 515 g/mol. The van der Waals surface area contributed by atoms with E-state index in [0.717, 1.165) is 5.56 Å². The predicted octanol–water partition coefficient (Wildman–Crippen LogP) is 4.37. The molecule has 1 atom stereocenters. The largest absolute Gasteiger partial charge is 0.394 e. The molecule has 0 saturated carbocycles. The van der Waals surface area contributed by atoms with Gasteiger partial charge in [-0.05, 0) is 23.8 Å². The Balaban J connectivity index is 1.69. The van der Waals surface area contributed by atoms with E-state index in [9.17, 15) is 18.7 Å². The molecule has 0 unspecified atom stereocenters. The number of nitrogens with zero attached hydrogens (tertiary/aromatic N) is 4. The number of anilines is 3. The topological polar surface area (TPSA) is 138 Å². The minimum atomic E-state index is -2.92. The van der Waals surface area contributed by atoms with E-state index < -0.39 is 18.3 Å². The maximum absolute atomic E-state index is 13.0. The van der Waals surface area contributed by atoms with E-state index in [1.165, 1.54) is 19.3 Å². The molecule has 36 heavy (non-hydrogen) atoms. The van der Waals surface area contributed by atoms with Crippen LogP contribution in [0.1, 0.15) is 34.2 Å². The van der Waals surface area contributed by atoms with Crippen molar-refractivity contribution in [1.29, 1.82) is 0 Å². The van der Waals surface area contributed by atoms with Gasteiger partial charge in [0.05, 0.1) is 23.2 Å². The summed E-state index contributed by atoms with van der Waals surface area (Å²) in [5.41, 5.74) is 1.70. The van der Waals surface area contributed by atoms with E-state index in [0.29, 0.717) is 11.3 Å². The lowest BCUT2D eigenvalue weighted by atomic mass is 10.1. The van der Waals surface area contributed by atoms with E-state index in [2.05, 4.69) is 36.1 Å². The van der Waals surface area contributed by atoms with Gasteiger partial charge in [-0.25, -0.2) is 13.8 Å². The number of aliphatic hydroxyl groups is 1. The number of nitrogens with one attached hydrogen (secondary N) is 3. The van der Waals surface area contributed by atoms with E-state index in [1.807, 2.05) is 30.3 Å². The van der Waals surface area contributed by atoms with Gasteiger partial charge in [0, 0.05) is 18.9 Å². The van der Waals surface area contributed by atoms with Crippen molar-refractivity contribution in [3.63, 3.8) is 0 Å². The first-order chi connectivity index (χ1) is 17.4. The summed E-state index contributed by atoms with van der Waals surface area (Å²) in [6.45, 7) is -0.293. The predicted molar refractivity (Wildman–Crippen MR) is 128 cm³/mol. The number of hydrogen-bond donors (Lipinski definition) is 4. The quantitative estimate of drug-likeness (QED) is 0.256. The molecule has 186 valence electrons. The molecule has 0 spiro atoms. The van der Waals surface area contributed by atoms with Crippen LogP contribution in [0.4, 0.5) is 26.2 Å². The third kappa shape index (κ3) is 5.56. The normalized spacial score (nSPS) is 11.8. The molecule has 0 saturated heterocycles. The van der Waals surface area contributed by atoms with Crippen molar-refractivity contribution in [2.75, 3.05) is 24.3 Å². The second-order valence-electron chi connectivity index (χ2n) is 7.40. The van der Waals surface area contributed by atoms with Crippen LogP contribution in [0.3, 0.4) is 0 Å². The number of aromatic nitrogens is 4. The second kappa shape index (κ2) is 11.1. The van der Waals surface area contributed by atoms with Gasteiger partial charge in [-0.3, -0.25) is 4.79 Å². The molecule has 4 aromatic rings. The molecule has 0 fully saturated rings. The van der Waals surface area contributed by atoms with Gasteiger partial charge in [-0.2, -0.15) is 9.97 Å². The van der Waals surface area contributed by atoms with Crippen LogP contribution in [-0.2, 0) is 0 Å². The SMILES string of the molecule is CNC(=O)c1ccc(Nc2ncc(-c3nc(C(F)F)no3)c(N[C@H](CO)c3ccccc3)n2)cc1Cl. The zero-order valence-electron chi connectivity index (χ0n) is 18.7. The van der Waals surface area contributed by atoms with Gasteiger partial charge in [0.1, 0.15) is 11.4 Å². The molecule has 4 N–H and O–H groups in total. The van der Waals surface area contributed by atoms with Crippen molar-refractivity contribution in [3.05, 3.63) is 76.7 Å². The second-order valence-corrected chi connectivity index (χ2v) is 7.81. The first-order valence-electron chi connectivity index (χ1n) is 10.6. The summed E-state index contributed by atoms with van der Waals surface area (Å²) in [5, 5.41) is 22.0. The Labute approximate surface area is 208 Å². The summed E-state index contributed by atoms with van der Waals surface area (Å²) in [6.07, 6.45) is -1.60. The van der Waals surface area contributed by atoms with Crippen molar-refractivity contribution in [3.8, 4) is 11.5 Å². The fourth-order valence-corrected chi connectivity index (χ4v) is 3.53. The van der Waals surface area contributed by atoms with Crippen LogP contribution in [0, 0.1) is 0 Å². The maximum atomic E-state index is 13.0. The molecule has 0 aliphatic carbocycles. The summed E-state index contributed by atoms with van der Waals surface area (Å²) in [7, 11) is 1.50. The fourth-order valence-electron chi connectivity index (χ4n) is 3.27. The van der Waals surface area contributed by atoms with E-state index in [-0.39, 0.29) is 40.8 Å². The summed E-state index contributed by atoms with van der Waals surface area (Å²) in [4.78, 5) is 24.2. The number of carbonyl (C=O) groups excluding carboxylic acids is 1. The molecule has 0 bridgehead atoms. The Morgan fingerprint density at radius 1 is 1.17 bits per heavy atom. The van der Waals surface area contributed by atoms with E-state index in [1.54, 1.807) is 12.1 Å². The standard InChI is InChI=1S/C23H20ClF2N7O3/c1-27-21(35)14-8-7-13(9-16(14)24)29-23-28-10-15(22-31-20(18(25)26)33-36-22)19(32-23)30-17(11-34)12-5-3-2-4-6-12/h2-10,17-18,34H,11H2,1H3,(H,27,35)(H2,28,29,30,32)/t17-/m1/s1. The number of alkyl halides is 2. The van der Waals surface area contributed by atoms with Gasteiger partial charge < -0.3 is 25.6 Å². The number of halogens is 3. The van der Waals surface area contributed by atoms with Crippen molar-refractivity contribution >= 4 is 35.0 Å². The van der Waals surface area contributed by atoms with Crippen molar-refractivity contribution in [2.24, 2.45) is 0 Å². The maximum Gasteiger partial charge on any atom is 0.300 e. The van der Waals surface area contributed by atoms with E-state index >= 15 is 0 Å². The van der Waals surface area contributed by atoms with Gasteiger partial charge in [0.15, 0.2) is 0 Å². The zero-order valence-corrected chi connectivity index (χ0v) is 19.5. The van der Waals surface area contributed by atoms with Crippen molar-refractivity contribution in [1.82, 2.24) is 25.4 Å². The highest BCUT2D eigenvalue weighted by atomic mass is 35.5. The van der Waals surface area contributed by atoms with Crippen molar-refractivity contribution in [2.45, 2.75) is 12.5 Å². The highest BCUT2D eigenvalue weighted by Gasteiger charge is 2.22. The molecule has 1 amide bonds. The molecule has 2 heterocycles. The third-order valence-corrected chi connectivity index (χ3v) is 5.36. The van der Waals surface area contributed by atoms with Gasteiger partial charge in [0.25, 0.3) is 11.8 Å². The van der Waals surface area contributed by atoms with Crippen LogP contribution >= 0.6 is 11.6 Å². The van der Waals surface area contributed by atoms with Crippen LogP contribution in [-0.4, -0.2) is 44.8 Å². The average Bonchev–Trinajstić information content (AvgIpc) is 3.38. The molecular formula is C23H20ClF2N7O3. The highest BCUT2D eigenvalue weighted by molar-refractivity contribution is 6.34. The molecule has 0 aliphatic heterocycles. The fraction of sp³-hybridized carbons (Fsp3) is 0.174. The number of aliphatic hydroxyl groups excluding tert-OH is 1. The Bertz CT molecular complexity index is 1350. The summed E-state index contributed by atoms with van der Waals surface area (Å²) < 4.78 is 31.0. The molecule has 2 aromatic carbocycles. The van der Waals surface area contributed by atoms with Crippen LogP contribution in [0.2, 0.25) is 5.02 Å². The molecule has 13 heteroatoms. The molecule has 4 rings (SSSR count). The van der Waals surface area contributed by atoms with Crippen LogP contribution < -0.4 is 16.0 Å². The summed E-state index contributed by atoms with van der Waals surface area (Å²) in [6, 6.07) is 13.2. The number of carbonyl (C=O) groups is 1.